The lowest BCUT2D eigenvalue weighted by Gasteiger charge is -1.99. The van der Waals surface area contributed by atoms with Gasteiger partial charge in [0, 0.05) is 10.7 Å². The molecule has 0 N–H and O–H groups in total. The third-order valence-corrected chi connectivity index (χ3v) is 2.14. The minimum absolute atomic E-state index is 0.314. The van der Waals surface area contributed by atoms with Crippen molar-refractivity contribution in [2.75, 3.05) is 0 Å². The van der Waals surface area contributed by atoms with Gasteiger partial charge in [0.05, 0.1) is 11.2 Å². The predicted octanol–water partition coefficient (Wildman–Crippen LogP) is 2.84. The second-order valence-corrected chi connectivity index (χ2v) is 3.68. The molecule has 0 aliphatic heterocycles. The molecule has 1 aromatic carbocycles. The third kappa shape index (κ3) is 1.54. The molecule has 0 aliphatic rings. The van der Waals surface area contributed by atoms with Crippen LogP contribution in [-0.2, 0) is 0 Å². The zero-order valence-corrected chi connectivity index (χ0v) is 8.47. The first-order valence-electron chi connectivity index (χ1n) is 3.75. The Morgan fingerprint density at radius 2 is 2.15 bits per heavy atom. The van der Waals surface area contributed by atoms with Crippen molar-refractivity contribution in [3.63, 3.8) is 0 Å². The fourth-order valence-electron chi connectivity index (χ4n) is 1.14. The average molecular weight is 241 g/mol. The average Bonchev–Trinajstić information content (AvgIpc) is 2.02. The molecule has 2 rings (SSSR count). The maximum atomic E-state index is 13.2. The minimum atomic E-state index is -0.350. The molecule has 0 saturated heterocycles. The van der Waals surface area contributed by atoms with Crippen molar-refractivity contribution < 1.29 is 4.39 Å². The molecule has 0 bridgehead atoms. The summed E-state index contributed by atoms with van der Waals surface area (Å²) in [6, 6.07) is 3.13. The fourth-order valence-corrected chi connectivity index (χ4v) is 1.56. The molecular weight excluding hydrogens is 235 g/mol. The second kappa shape index (κ2) is 3.03. The molecule has 1 heterocycles. The van der Waals surface area contributed by atoms with E-state index in [2.05, 4.69) is 25.9 Å². The molecule has 0 unspecified atom stereocenters. The second-order valence-electron chi connectivity index (χ2n) is 2.77. The lowest BCUT2D eigenvalue weighted by molar-refractivity contribution is 0.635. The van der Waals surface area contributed by atoms with Crippen molar-refractivity contribution in [1.82, 2.24) is 9.97 Å². The molecule has 0 spiro atoms. The van der Waals surface area contributed by atoms with Crippen molar-refractivity contribution >= 4 is 27.0 Å². The Bertz CT molecular complexity index is 465. The van der Waals surface area contributed by atoms with Gasteiger partial charge in [-0.3, -0.25) is 0 Å². The van der Waals surface area contributed by atoms with Gasteiger partial charge < -0.3 is 0 Å². The summed E-state index contributed by atoms with van der Waals surface area (Å²) in [4.78, 5) is 8.13. The highest BCUT2D eigenvalue weighted by molar-refractivity contribution is 9.10. The van der Waals surface area contributed by atoms with Crippen LogP contribution < -0.4 is 0 Å². The van der Waals surface area contributed by atoms with Crippen molar-refractivity contribution in [2.24, 2.45) is 0 Å². The van der Waals surface area contributed by atoms with Crippen LogP contribution in [0.3, 0.4) is 0 Å². The Labute approximate surface area is 83.0 Å². The van der Waals surface area contributed by atoms with Gasteiger partial charge in [-0.1, -0.05) is 15.9 Å². The highest BCUT2D eigenvalue weighted by Crippen LogP contribution is 2.19. The molecule has 0 radical (unpaired) electrons. The van der Waals surface area contributed by atoms with E-state index >= 15 is 0 Å². The molecule has 0 amide bonds. The van der Waals surface area contributed by atoms with Gasteiger partial charge in [-0.2, -0.15) is 0 Å². The van der Waals surface area contributed by atoms with E-state index in [9.17, 15) is 4.39 Å². The number of hydrogen-bond acceptors (Lipinski definition) is 2. The van der Waals surface area contributed by atoms with Crippen LogP contribution in [0.15, 0.2) is 22.8 Å². The predicted molar refractivity (Wildman–Crippen MR) is 51.9 cm³/mol. The Morgan fingerprint density at radius 1 is 1.38 bits per heavy atom. The van der Waals surface area contributed by atoms with E-state index in [0.29, 0.717) is 15.5 Å². The zero-order chi connectivity index (χ0) is 9.42. The van der Waals surface area contributed by atoms with E-state index in [1.165, 1.54) is 6.07 Å². The van der Waals surface area contributed by atoms with Crippen LogP contribution in [-0.4, -0.2) is 9.97 Å². The Hall–Kier alpha value is -1.03. The number of aromatic nitrogens is 2. The Morgan fingerprint density at radius 3 is 2.92 bits per heavy atom. The van der Waals surface area contributed by atoms with Crippen LogP contribution in [0, 0.1) is 12.7 Å². The third-order valence-electron chi connectivity index (χ3n) is 1.69. The van der Waals surface area contributed by atoms with E-state index < -0.39 is 0 Å². The van der Waals surface area contributed by atoms with Crippen molar-refractivity contribution in [3.8, 4) is 0 Å². The molecule has 0 aliphatic carbocycles. The summed E-state index contributed by atoms with van der Waals surface area (Å²) >= 11 is 3.20. The van der Waals surface area contributed by atoms with E-state index in [0.717, 1.165) is 5.69 Å². The quantitative estimate of drug-likeness (QED) is 0.708. The summed E-state index contributed by atoms with van der Waals surface area (Å²) in [5.74, 6) is -0.350. The van der Waals surface area contributed by atoms with Gasteiger partial charge in [-0.15, -0.1) is 0 Å². The standard InChI is InChI=1S/C9H6BrFN2/c1-5-4-12-9-7(11)2-6(10)3-8(9)13-5/h2-4H,1H3. The Balaban J connectivity index is 2.86. The van der Waals surface area contributed by atoms with Crippen molar-refractivity contribution in [1.29, 1.82) is 0 Å². The van der Waals surface area contributed by atoms with Crippen LogP contribution >= 0.6 is 15.9 Å². The summed E-state index contributed by atoms with van der Waals surface area (Å²) in [7, 11) is 0. The lowest BCUT2D eigenvalue weighted by Crippen LogP contribution is -1.90. The lowest BCUT2D eigenvalue weighted by atomic mass is 10.3. The van der Waals surface area contributed by atoms with Gasteiger partial charge in [0.2, 0.25) is 0 Å². The first kappa shape index (κ1) is 8.56. The van der Waals surface area contributed by atoms with Crippen LogP contribution in [0.4, 0.5) is 4.39 Å². The topological polar surface area (TPSA) is 25.8 Å². The molecule has 13 heavy (non-hydrogen) atoms. The van der Waals surface area contributed by atoms with Crippen molar-refractivity contribution in [3.05, 3.63) is 34.3 Å². The van der Waals surface area contributed by atoms with E-state index in [4.69, 9.17) is 0 Å². The molecule has 1 aromatic heterocycles. The maximum Gasteiger partial charge on any atom is 0.152 e. The maximum absolute atomic E-state index is 13.2. The molecule has 2 aromatic rings. The van der Waals surface area contributed by atoms with E-state index in [1.54, 1.807) is 12.3 Å². The summed E-state index contributed by atoms with van der Waals surface area (Å²) in [6.07, 6.45) is 1.55. The number of rotatable bonds is 0. The molecule has 66 valence electrons. The molecular formula is C9H6BrFN2. The minimum Gasteiger partial charge on any atom is -0.250 e. The largest absolute Gasteiger partial charge is 0.250 e. The van der Waals surface area contributed by atoms with Crippen LogP contribution in [0.1, 0.15) is 5.69 Å². The highest BCUT2D eigenvalue weighted by atomic mass is 79.9. The zero-order valence-electron chi connectivity index (χ0n) is 6.88. The number of halogens is 2. The SMILES string of the molecule is Cc1cnc2c(F)cc(Br)cc2n1. The normalized spacial score (nSPS) is 10.7. The van der Waals surface area contributed by atoms with Gasteiger partial charge in [0.15, 0.2) is 5.82 Å². The first-order valence-corrected chi connectivity index (χ1v) is 4.54. The first-order chi connectivity index (χ1) is 6.16. The number of aryl methyl sites for hydroxylation is 1. The van der Waals surface area contributed by atoms with Gasteiger partial charge in [-0.25, -0.2) is 14.4 Å². The highest BCUT2D eigenvalue weighted by Gasteiger charge is 2.04. The van der Waals surface area contributed by atoms with E-state index in [-0.39, 0.29) is 5.82 Å². The summed E-state index contributed by atoms with van der Waals surface area (Å²) in [5, 5.41) is 0. The molecule has 0 atom stereocenters. The molecule has 2 nitrogen and oxygen atoms in total. The number of nitrogens with zero attached hydrogens (tertiary/aromatic N) is 2. The van der Waals surface area contributed by atoms with Crippen LogP contribution in [0.25, 0.3) is 11.0 Å². The Kier molecular flexibility index (Phi) is 2.00. The molecule has 0 saturated carbocycles. The summed E-state index contributed by atoms with van der Waals surface area (Å²) < 4.78 is 13.9. The van der Waals surface area contributed by atoms with Gasteiger partial charge in [0.1, 0.15) is 5.52 Å². The van der Waals surface area contributed by atoms with Crippen LogP contribution in [0.2, 0.25) is 0 Å². The van der Waals surface area contributed by atoms with Crippen molar-refractivity contribution in [2.45, 2.75) is 6.92 Å². The monoisotopic (exact) mass is 240 g/mol. The summed E-state index contributed by atoms with van der Waals surface area (Å²) in [6.45, 7) is 1.82. The molecule has 0 fully saturated rings. The smallest absolute Gasteiger partial charge is 0.152 e. The fraction of sp³-hybridized carbons (Fsp3) is 0.111. The van der Waals surface area contributed by atoms with Gasteiger partial charge in [0.25, 0.3) is 0 Å². The number of benzene rings is 1. The number of fused-ring (bicyclic) bond motifs is 1. The summed E-state index contributed by atoms with van der Waals surface area (Å²) in [5.41, 5.74) is 1.67. The van der Waals surface area contributed by atoms with Crippen LogP contribution in [0.5, 0.6) is 0 Å². The van der Waals surface area contributed by atoms with Gasteiger partial charge >= 0.3 is 0 Å². The van der Waals surface area contributed by atoms with Gasteiger partial charge in [-0.05, 0) is 19.1 Å². The van der Waals surface area contributed by atoms with E-state index in [1.807, 2.05) is 6.92 Å². The molecule has 4 heteroatoms. The number of hydrogen-bond donors (Lipinski definition) is 0.